The predicted octanol–water partition coefficient (Wildman–Crippen LogP) is 2.18. The molecule has 1 rings (SSSR count). The molecular formula is C8H11N2O2S2. The van der Waals surface area contributed by atoms with Crippen molar-refractivity contribution in [2.75, 3.05) is 0 Å². The number of imidazole rings is 1. The van der Waals surface area contributed by atoms with Crippen LogP contribution in [0.3, 0.4) is 0 Å². The number of nitrogens with zero attached hydrogens (tertiary/aromatic N) is 1. The maximum Gasteiger partial charge on any atom is 0.294 e. The van der Waals surface area contributed by atoms with E-state index >= 15 is 0 Å². The van der Waals surface area contributed by atoms with Gasteiger partial charge in [-0.15, -0.1) is 0 Å². The first-order valence-electron chi connectivity index (χ1n) is 3.99. The van der Waals surface area contributed by atoms with Crippen molar-refractivity contribution in [2.45, 2.75) is 23.8 Å². The van der Waals surface area contributed by atoms with Crippen molar-refractivity contribution in [3.63, 3.8) is 0 Å². The molecular weight excluding hydrogens is 220 g/mol. The van der Waals surface area contributed by atoms with Gasteiger partial charge in [-0.1, -0.05) is 0 Å². The van der Waals surface area contributed by atoms with Crippen molar-refractivity contribution < 1.29 is 9.53 Å². The first kappa shape index (κ1) is 11.5. The van der Waals surface area contributed by atoms with Crippen molar-refractivity contribution in [3.8, 4) is 0 Å². The molecule has 1 atom stereocenters. The summed E-state index contributed by atoms with van der Waals surface area (Å²) in [4.78, 5) is 17.2. The van der Waals surface area contributed by atoms with Gasteiger partial charge in [0.2, 0.25) is 0 Å². The van der Waals surface area contributed by atoms with Crippen LogP contribution in [0.4, 0.5) is 0 Å². The third-order valence-corrected chi connectivity index (χ3v) is 4.13. The van der Waals surface area contributed by atoms with Gasteiger partial charge in [-0.05, 0) is 41.9 Å². The predicted molar refractivity (Wildman–Crippen MR) is 57.7 cm³/mol. The van der Waals surface area contributed by atoms with E-state index in [2.05, 4.69) is 16.9 Å². The average Bonchev–Trinajstić information content (AvgIpc) is 2.59. The van der Waals surface area contributed by atoms with Crippen LogP contribution in [-0.2, 0) is 9.53 Å². The van der Waals surface area contributed by atoms with Crippen molar-refractivity contribution in [3.05, 3.63) is 18.9 Å². The molecule has 0 spiro atoms. The van der Waals surface area contributed by atoms with Gasteiger partial charge in [-0.25, -0.2) is 4.98 Å². The molecule has 0 saturated heterocycles. The molecule has 0 aromatic carbocycles. The summed E-state index contributed by atoms with van der Waals surface area (Å²) in [5.74, 6) is 0. The number of carbonyl (C=O) groups is 1. The Labute approximate surface area is 90.6 Å². The van der Waals surface area contributed by atoms with E-state index in [4.69, 9.17) is 4.74 Å². The largest absolute Gasteiger partial charge is 0.453 e. The number of ether oxygens (including phenoxy) is 1. The zero-order chi connectivity index (χ0) is 10.4. The summed E-state index contributed by atoms with van der Waals surface area (Å²) in [5.41, 5.74) is 0.733. The fourth-order valence-electron chi connectivity index (χ4n) is 0.738. The first-order valence-corrected chi connectivity index (χ1v) is 6.21. The lowest BCUT2D eigenvalue weighted by molar-refractivity contribution is -0.129. The summed E-state index contributed by atoms with van der Waals surface area (Å²) >= 11 is 0. The Morgan fingerprint density at radius 1 is 1.86 bits per heavy atom. The minimum Gasteiger partial charge on any atom is -0.453 e. The molecule has 0 amide bonds. The fourth-order valence-corrected chi connectivity index (χ4v) is 2.94. The summed E-state index contributed by atoms with van der Waals surface area (Å²) in [6.07, 6.45) is 2.18. The molecule has 1 aromatic rings. The SMILES string of the molecule is [CH2]CC(OC=O)SSc1[nH]cnc1C. The van der Waals surface area contributed by atoms with Gasteiger partial charge < -0.3 is 9.72 Å². The third-order valence-electron chi connectivity index (χ3n) is 1.46. The van der Waals surface area contributed by atoms with Crippen LogP contribution < -0.4 is 0 Å². The van der Waals surface area contributed by atoms with E-state index in [-0.39, 0.29) is 5.44 Å². The molecule has 0 fully saturated rings. The van der Waals surface area contributed by atoms with E-state index in [1.54, 1.807) is 6.33 Å². The molecule has 0 saturated carbocycles. The van der Waals surface area contributed by atoms with Gasteiger partial charge in [0.15, 0.2) is 5.44 Å². The van der Waals surface area contributed by atoms with E-state index in [9.17, 15) is 4.79 Å². The second kappa shape index (κ2) is 5.98. The molecule has 1 radical (unpaired) electrons. The number of H-pyrrole nitrogens is 1. The van der Waals surface area contributed by atoms with Gasteiger partial charge in [-0.3, -0.25) is 4.79 Å². The smallest absolute Gasteiger partial charge is 0.294 e. The van der Waals surface area contributed by atoms with E-state index in [1.165, 1.54) is 21.6 Å². The number of carbonyl (C=O) groups excluding carboxylic acids is 1. The summed E-state index contributed by atoms with van der Waals surface area (Å²) < 4.78 is 4.79. The fraction of sp³-hybridized carbons (Fsp3) is 0.375. The van der Waals surface area contributed by atoms with Crippen LogP contribution >= 0.6 is 21.6 Å². The molecule has 4 nitrogen and oxygen atoms in total. The number of nitrogens with one attached hydrogen (secondary N) is 1. The Hall–Kier alpha value is -0.620. The molecule has 1 unspecified atom stereocenters. The monoisotopic (exact) mass is 231 g/mol. The van der Waals surface area contributed by atoms with Crippen LogP contribution in [-0.4, -0.2) is 21.9 Å². The van der Waals surface area contributed by atoms with E-state index in [1.807, 2.05) is 6.92 Å². The van der Waals surface area contributed by atoms with E-state index < -0.39 is 0 Å². The molecule has 1 N–H and O–H groups in total. The minimum atomic E-state index is -0.208. The van der Waals surface area contributed by atoms with Gasteiger partial charge in [0.25, 0.3) is 6.47 Å². The van der Waals surface area contributed by atoms with Gasteiger partial charge in [0.05, 0.1) is 12.0 Å². The lowest BCUT2D eigenvalue weighted by atomic mass is 10.5. The molecule has 0 aliphatic carbocycles. The maximum absolute atomic E-state index is 10.1. The Kier molecular flexibility index (Phi) is 4.89. The molecule has 0 aliphatic rings. The Balaban J connectivity index is 2.39. The first-order chi connectivity index (χ1) is 6.77. The van der Waals surface area contributed by atoms with Crippen molar-refractivity contribution in [2.24, 2.45) is 0 Å². The van der Waals surface area contributed by atoms with Gasteiger partial charge in [0, 0.05) is 0 Å². The maximum atomic E-state index is 10.1. The number of aromatic amines is 1. The number of aryl methyl sites for hydroxylation is 1. The number of aromatic nitrogens is 2. The zero-order valence-corrected chi connectivity index (χ0v) is 9.36. The summed E-state index contributed by atoms with van der Waals surface area (Å²) in [6.45, 7) is 6.05. The standard InChI is InChI=1S/C8H11N2O2S2/c1-3-7(12-5-11)13-14-8-6(2)9-4-10-8/h4-5,7H,1,3H2,2H3,(H,9,10). The minimum absolute atomic E-state index is 0.208. The molecule has 0 aliphatic heterocycles. The Bertz CT molecular complexity index is 291. The molecule has 1 aromatic heterocycles. The normalized spacial score (nSPS) is 12.4. The van der Waals surface area contributed by atoms with Crippen LogP contribution in [0.5, 0.6) is 0 Å². The van der Waals surface area contributed by atoms with Gasteiger partial charge in [0.1, 0.15) is 5.03 Å². The van der Waals surface area contributed by atoms with Crippen molar-refractivity contribution in [1.82, 2.24) is 9.97 Å². The van der Waals surface area contributed by atoms with Crippen LogP contribution in [0, 0.1) is 13.8 Å². The second-order valence-electron chi connectivity index (χ2n) is 2.45. The highest BCUT2D eigenvalue weighted by molar-refractivity contribution is 8.76. The molecule has 77 valence electrons. The summed E-state index contributed by atoms with van der Waals surface area (Å²) in [6, 6.07) is 0. The second-order valence-corrected chi connectivity index (χ2v) is 4.82. The van der Waals surface area contributed by atoms with E-state index in [0.29, 0.717) is 12.9 Å². The average molecular weight is 231 g/mol. The lowest BCUT2D eigenvalue weighted by Gasteiger charge is -2.10. The molecule has 0 bridgehead atoms. The third kappa shape index (κ3) is 3.26. The lowest BCUT2D eigenvalue weighted by Crippen LogP contribution is -2.03. The van der Waals surface area contributed by atoms with Crippen molar-refractivity contribution in [1.29, 1.82) is 0 Å². The van der Waals surface area contributed by atoms with E-state index in [0.717, 1.165) is 10.7 Å². The quantitative estimate of drug-likeness (QED) is 0.462. The highest BCUT2D eigenvalue weighted by Gasteiger charge is 2.10. The number of rotatable bonds is 6. The van der Waals surface area contributed by atoms with Gasteiger partial charge in [-0.2, -0.15) is 0 Å². The highest BCUT2D eigenvalue weighted by Crippen LogP contribution is 2.35. The van der Waals surface area contributed by atoms with Crippen LogP contribution in [0.25, 0.3) is 0 Å². The Morgan fingerprint density at radius 2 is 2.64 bits per heavy atom. The van der Waals surface area contributed by atoms with Crippen LogP contribution in [0.15, 0.2) is 11.4 Å². The molecule has 1 heterocycles. The topological polar surface area (TPSA) is 55.0 Å². The van der Waals surface area contributed by atoms with Gasteiger partial charge >= 0.3 is 0 Å². The zero-order valence-electron chi connectivity index (χ0n) is 7.73. The van der Waals surface area contributed by atoms with Crippen LogP contribution in [0.1, 0.15) is 12.1 Å². The number of hydrogen-bond donors (Lipinski definition) is 1. The highest BCUT2D eigenvalue weighted by atomic mass is 33.1. The number of hydrogen-bond acceptors (Lipinski definition) is 5. The Morgan fingerprint density at radius 3 is 3.14 bits per heavy atom. The van der Waals surface area contributed by atoms with Crippen LogP contribution in [0.2, 0.25) is 0 Å². The summed E-state index contributed by atoms with van der Waals surface area (Å²) in [7, 11) is 2.95. The molecule has 6 heteroatoms. The molecule has 14 heavy (non-hydrogen) atoms. The summed E-state index contributed by atoms with van der Waals surface area (Å²) in [5, 5.41) is 0.975. The van der Waals surface area contributed by atoms with Crippen molar-refractivity contribution >= 4 is 28.1 Å².